The van der Waals surface area contributed by atoms with Gasteiger partial charge in [0.1, 0.15) is 0 Å². The number of halogens is 5. The molecule has 0 N–H and O–H groups in total. The first kappa shape index (κ1) is 18.6. The van der Waals surface area contributed by atoms with Crippen LogP contribution in [0.2, 0.25) is 0 Å². The molecule has 2 aromatic carbocycles. The van der Waals surface area contributed by atoms with Gasteiger partial charge in [-0.05, 0) is 24.3 Å². The van der Waals surface area contributed by atoms with E-state index in [0.717, 1.165) is 16.1 Å². The topological polar surface area (TPSA) is 49.7 Å². The summed E-state index contributed by atoms with van der Waals surface area (Å²) < 4.78 is 95.6. The fourth-order valence-electron chi connectivity index (χ4n) is 2.24. The van der Waals surface area contributed by atoms with E-state index in [2.05, 4.69) is 4.40 Å². The van der Waals surface area contributed by atoms with Crippen molar-refractivity contribution in [2.45, 2.75) is 11.1 Å². The molecule has 11 heteroatoms. The molecule has 0 saturated carbocycles. The van der Waals surface area contributed by atoms with E-state index in [1.807, 2.05) is 0 Å². The van der Waals surface area contributed by atoms with Gasteiger partial charge in [-0.3, -0.25) is 0 Å². The Kier molecular flexibility index (Phi) is 4.93. The molecule has 0 bridgehead atoms. The van der Waals surface area contributed by atoms with Crippen molar-refractivity contribution in [3.8, 4) is 0 Å². The summed E-state index contributed by atoms with van der Waals surface area (Å²) in [5.74, 6) is -7.74. The first-order chi connectivity index (χ1) is 12.2. The molecule has 4 nitrogen and oxygen atoms in total. The summed E-state index contributed by atoms with van der Waals surface area (Å²) >= 11 is 1.15. The normalized spacial score (nSPS) is 15.9. The van der Waals surface area contributed by atoms with Crippen molar-refractivity contribution in [3.63, 3.8) is 0 Å². The number of nitrogens with zero attached hydrogens (tertiary/aromatic N) is 2. The van der Waals surface area contributed by atoms with E-state index in [0.29, 0.717) is 17.0 Å². The minimum atomic E-state index is -4.66. The molecule has 1 unspecified atom stereocenters. The zero-order chi connectivity index (χ0) is 19.1. The number of anilines is 1. The summed E-state index contributed by atoms with van der Waals surface area (Å²) in [7, 11) is -4.66. The Hall–Kier alpha value is -2.14. The third-order valence-corrected chi connectivity index (χ3v) is 5.99. The van der Waals surface area contributed by atoms with Crippen molar-refractivity contribution in [1.29, 1.82) is 0 Å². The van der Waals surface area contributed by atoms with E-state index >= 15 is 0 Å². The number of para-hydroxylation sites is 1. The molecule has 0 spiro atoms. The molecule has 0 amide bonds. The first-order valence-electron chi connectivity index (χ1n) is 6.99. The molecule has 0 aromatic heterocycles. The molecule has 0 saturated heterocycles. The molecule has 138 valence electrons. The van der Waals surface area contributed by atoms with E-state index < -0.39 is 45.4 Å². The predicted octanol–water partition coefficient (Wildman–Crippen LogP) is 4.30. The van der Waals surface area contributed by atoms with Gasteiger partial charge in [-0.2, -0.15) is 12.8 Å². The quantitative estimate of drug-likeness (QED) is 0.431. The van der Waals surface area contributed by atoms with Crippen molar-refractivity contribution in [1.82, 2.24) is 0 Å². The summed E-state index contributed by atoms with van der Waals surface area (Å²) in [5.41, 5.74) is -0.958. The lowest BCUT2D eigenvalue weighted by Crippen LogP contribution is -2.27. The Morgan fingerprint density at radius 3 is 2.54 bits per heavy atom. The molecule has 1 atom stereocenters. The van der Waals surface area contributed by atoms with Crippen molar-refractivity contribution in [2.75, 3.05) is 10.2 Å². The standard InChI is InChI=1S/C15H9F5N2O2S2/c16-9-6-5-8(12(17)14(9)19)13(18)15(20)21-26(23,24)22-7-25-11-4-2-1-3-10(11)22/h1-6,13H,7H2. The van der Waals surface area contributed by atoms with E-state index in [4.69, 9.17) is 0 Å². The average molecular weight is 408 g/mol. The fraction of sp³-hybridized carbons (Fsp3) is 0.133. The monoisotopic (exact) mass is 408 g/mol. The van der Waals surface area contributed by atoms with E-state index in [9.17, 15) is 30.4 Å². The molecular weight excluding hydrogens is 399 g/mol. The smallest absolute Gasteiger partial charge is 0.240 e. The maximum absolute atomic E-state index is 14.1. The Morgan fingerprint density at radius 1 is 1.12 bits per heavy atom. The lowest BCUT2D eigenvalue weighted by atomic mass is 10.1. The van der Waals surface area contributed by atoms with Crippen LogP contribution in [0.3, 0.4) is 0 Å². The molecule has 26 heavy (non-hydrogen) atoms. The lowest BCUT2D eigenvalue weighted by Gasteiger charge is -2.15. The molecule has 1 heterocycles. The molecule has 3 rings (SSSR count). The predicted molar refractivity (Wildman–Crippen MR) is 87.3 cm³/mol. The second-order valence-electron chi connectivity index (χ2n) is 5.11. The van der Waals surface area contributed by atoms with Crippen LogP contribution >= 0.6 is 11.8 Å². The van der Waals surface area contributed by atoms with Gasteiger partial charge in [0.05, 0.1) is 11.6 Å². The molecular formula is C15H9F5N2O2S2. The van der Waals surface area contributed by atoms with Crippen LogP contribution in [0.15, 0.2) is 45.7 Å². The minimum Gasteiger partial charge on any atom is -0.240 e. The largest absolute Gasteiger partial charge is 0.348 e. The summed E-state index contributed by atoms with van der Waals surface area (Å²) in [6.07, 6.45) is -3.01. The van der Waals surface area contributed by atoms with Gasteiger partial charge in [-0.25, -0.2) is 21.9 Å². The van der Waals surface area contributed by atoms with Crippen LogP contribution in [0.25, 0.3) is 0 Å². The zero-order valence-electron chi connectivity index (χ0n) is 12.7. The van der Waals surface area contributed by atoms with Crippen LogP contribution in [-0.4, -0.2) is 20.3 Å². The maximum Gasteiger partial charge on any atom is 0.348 e. The summed E-state index contributed by atoms with van der Waals surface area (Å²) in [6.45, 7) is 0. The fourth-order valence-corrected chi connectivity index (χ4v) is 4.71. The van der Waals surface area contributed by atoms with Crippen molar-refractivity contribution in [2.24, 2.45) is 4.40 Å². The Balaban J connectivity index is 1.93. The van der Waals surface area contributed by atoms with Gasteiger partial charge >= 0.3 is 10.2 Å². The molecule has 2 aromatic rings. The first-order valence-corrected chi connectivity index (χ1v) is 9.38. The van der Waals surface area contributed by atoms with Gasteiger partial charge in [0.15, 0.2) is 23.6 Å². The number of thioether (sulfide) groups is 1. The van der Waals surface area contributed by atoms with Crippen LogP contribution in [0.4, 0.5) is 27.6 Å². The van der Waals surface area contributed by atoms with Crippen LogP contribution in [0.5, 0.6) is 0 Å². The highest BCUT2D eigenvalue weighted by atomic mass is 32.2. The second-order valence-corrected chi connectivity index (χ2v) is 7.61. The number of benzene rings is 2. The van der Waals surface area contributed by atoms with Gasteiger partial charge in [-0.15, -0.1) is 16.2 Å². The lowest BCUT2D eigenvalue weighted by molar-refractivity contribution is 0.379. The Labute approximate surface area is 149 Å². The summed E-state index contributed by atoms with van der Waals surface area (Å²) in [6, 6.07) is 7.21. The SMILES string of the molecule is O=S(=O)(N=C(F)C(F)c1ccc(F)c(F)c1F)N1CSc2ccccc21. The highest BCUT2D eigenvalue weighted by molar-refractivity contribution is 8.02. The van der Waals surface area contributed by atoms with Gasteiger partial charge in [0, 0.05) is 10.5 Å². The van der Waals surface area contributed by atoms with E-state index in [1.165, 1.54) is 6.07 Å². The van der Waals surface area contributed by atoms with Crippen molar-refractivity contribution in [3.05, 3.63) is 59.4 Å². The third-order valence-electron chi connectivity index (χ3n) is 3.50. The zero-order valence-corrected chi connectivity index (χ0v) is 14.3. The van der Waals surface area contributed by atoms with Gasteiger partial charge in [-0.1, -0.05) is 12.1 Å². The number of rotatable bonds is 4. The molecule has 1 aliphatic rings. The summed E-state index contributed by atoms with van der Waals surface area (Å²) in [5, 5.41) is 0. The molecule has 0 aliphatic carbocycles. The Morgan fingerprint density at radius 2 is 1.81 bits per heavy atom. The van der Waals surface area contributed by atoms with Crippen LogP contribution in [0, 0.1) is 17.5 Å². The Bertz CT molecular complexity index is 998. The molecule has 0 fully saturated rings. The number of alkyl halides is 1. The van der Waals surface area contributed by atoms with Gasteiger partial charge < -0.3 is 0 Å². The molecule has 1 aliphatic heterocycles. The van der Waals surface area contributed by atoms with Crippen LogP contribution in [-0.2, 0) is 10.2 Å². The molecule has 0 radical (unpaired) electrons. The van der Waals surface area contributed by atoms with Crippen molar-refractivity contribution >= 4 is 33.6 Å². The average Bonchev–Trinajstić information content (AvgIpc) is 3.04. The van der Waals surface area contributed by atoms with Crippen LogP contribution < -0.4 is 4.31 Å². The van der Waals surface area contributed by atoms with Crippen molar-refractivity contribution < 1.29 is 30.4 Å². The highest BCUT2D eigenvalue weighted by Crippen LogP contribution is 2.40. The van der Waals surface area contributed by atoms with Crippen LogP contribution in [0.1, 0.15) is 11.7 Å². The second kappa shape index (κ2) is 6.88. The number of hydrogen-bond acceptors (Lipinski definition) is 3. The number of hydrogen-bond donors (Lipinski definition) is 0. The number of fused-ring (bicyclic) bond motifs is 1. The minimum absolute atomic E-state index is 0.102. The van der Waals surface area contributed by atoms with Gasteiger partial charge in [0.2, 0.25) is 5.97 Å². The van der Waals surface area contributed by atoms with E-state index in [1.54, 1.807) is 18.2 Å². The van der Waals surface area contributed by atoms with E-state index in [-0.39, 0.29) is 11.6 Å². The van der Waals surface area contributed by atoms with Gasteiger partial charge in [0.25, 0.3) is 0 Å². The summed E-state index contributed by atoms with van der Waals surface area (Å²) in [4.78, 5) is 0.607. The third kappa shape index (κ3) is 3.28. The maximum atomic E-state index is 14.1. The highest BCUT2D eigenvalue weighted by Gasteiger charge is 2.32.